The second-order valence-electron chi connectivity index (χ2n) is 5.18. The number of aromatic amines is 1. The molecule has 1 aromatic heterocycles. The number of aliphatic hydroxyl groups excluding tert-OH is 1. The van der Waals surface area contributed by atoms with Crippen LogP contribution >= 0.6 is 0 Å². The van der Waals surface area contributed by atoms with Crippen molar-refractivity contribution in [3.63, 3.8) is 0 Å². The van der Waals surface area contributed by atoms with Crippen molar-refractivity contribution in [3.05, 3.63) is 0 Å². The summed E-state index contributed by atoms with van der Waals surface area (Å²) in [6.07, 6.45) is 0.208. The van der Waals surface area contributed by atoms with Crippen LogP contribution in [0.1, 0.15) is 19.3 Å². The fourth-order valence-corrected chi connectivity index (χ4v) is 3.88. The summed E-state index contributed by atoms with van der Waals surface area (Å²) < 4.78 is 15.9. The highest BCUT2D eigenvalue weighted by Crippen LogP contribution is 2.17. The molecule has 1 rings (SSSR count). The van der Waals surface area contributed by atoms with Crippen molar-refractivity contribution in [1.29, 1.82) is 0 Å². The van der Waals surface area contributed by atoms with Gasteiger partial charge in [0.05, 0.1) is 6.10 Å². The highest BCUT2D eigenvalue weighted by molar-refractivity contribution is 6.60. The van der Waals surface area contributed by atoms with Gasteiger partial charge in [0.1, 0.15) is 5.78 Å². The maximum atomic E-state index is 11.9. The largest absolute Gasteiger partial charge is 0.500 e. The average Bonchev–Trinajstić information content (AvgIpc) is 3.05. The van der Waals surface area contributed by atoms with Gasteiger partial charge in [-0.25, -0.2) is 5.10 Å². The molecule has 10 nitrogen and oxygen atoms in total. The Hall–Kier alpha value is -1.53. The Balaban J connectivity index is 2.26. The number of Topliss-reactive ketones (excluding diaryl/α,β-unsaturated/α-hetero) is 1. The maximum absolute atomic E-state index is 11.9. The van der Waals surface area contributed by atoms with Gasteiger partial charge in [0, 0.05) is 53.8 Å². The third-order valence-electron chi connectivity index (χ3n) is 3.55. The van der Waals surface area contributed by atoms with E-state index in [1.165, 1.54) is 0 Å². The number of carbonyl (C=O) groups excluding carboxylic acids is 1. The highest BCUT2D eigenvalue weighted by Gasteiger charge is 2.37. The van der Waals surface area contributed by atoms with Crippen LogP contribution in [0, 0.1) is 0 Å². The molecule has 0 radical (unpaired) electrons. The number of nitrogens with one attached hydrogen (secondary N) is 3. The van der Waals surface area contributed by atoms with E-state index in [-0.39, 0.29) is 18.7 Å². The lowest BCUT2D eigenvalue weighted by atomic mass is 10.1. The molecule has 0 aromatic carbocycles. The van der Waals surface area contributed by atoms with Gasteiger partial charge in [-0.15, -0.1) is 5.10 Å². The fourth-order valence-electron chi connectivity index (χ4n) is 2.16. The molecule has 4 N–H and O–H groups in total. The van der Waals surface area contributed by atoms with Crippen molar-refractivity contribution < 1.29 is 23.2 Å². The molecule has 1 unspecified atom stereocenters. The van der Waals surface area contributed by atoms with Gasteiger partial charge in [-0.3, -0.25) is 4.79 Å². The van der Waals surface area contributed by atoms with E-state index in [0.717, 1.165) is 0 Å². The van der Waals surface area contributed by atoms with Crippen LogP contribution < -0.4 is 10.6 Å². The number of nitrogens with zero attached hydrogens (tertiary/aromatic N) is 2. The van der Waals surface area contributed by atoms with Crippen molar-refractivity contribution in [2.24, 2.45) is 0 Å². The van der Waals surface area contributed by atoms with Crippen molar-refractivity contribution in [2.75, 3.05) is 45.6 Å². The highest BCUT2D eigenvalue weighted by atomic mass is 28.4. The summed E-state index contributed by atoms with van der Waals surface area (Å²) in [5.41, 5.74) is 0. The molecule has 1 heterocycles. The van der Waals surface area contributed by atoms with Gasteiger partial charge < -0.3 is 29.0 Å². The van der Waals surface area contributed by atoms with E-state index in [0.29, 0.717) is 30.8 Å². The molecule has 0 saturated carbocycles. The number of aliphatic hydroxyl groups is 1. The van der Waals surface area contributed by atoms with Crippen LogP contribution in [-0.4, -0.2) is 75.9 Å². The Kier molecular flexibility index (Phi) is 8.85. The Morgan fingerprint density at radius 2 is 2.00 bits per heavy atom. The summed E-state index contributed by atoms with van der Waals surface area (Å²) in [5.74, 6) is 0.857. The van der Waals surface area contributed by atoms with Crippen molar-refractivity contribution in [3.8, 4) is 0 Å². The molecule has 1 aromatic rings. The van der Waals surface area contributed by atoms with Gasteiger partial charge in [-0.05, 0) is 6.42 Å². The first-order valence-electron chi connectivity index (χ1n) is 7.67. The molecule has 0 spiro atoms. The van der Waals surface area contributed by atoms with Crippen LogP contribution in [0.3, 0.4) is 0 Å². The molecule has 0 amide bonds. The number of H-pyrrole nitrogens is 1. The topological polar surface area (TPSA) is 131 Å². The van der Waals surface area contributed by atoms with E-state index in [1.54, 1.807) is 28.4 Å². The number of hydrogen-bond acceptors (Lipinski definition) is 9. The smallest absolute Gasteiger partial charge is 0.391 e. The predicted molar refractivity (Wildman–Crippen MR) is 90.9 cm³/mol. The molecule has 1 atom stereocenters. The van der Waals surface area contributed by atoms with Crippen LogP contribution in [0.25, 0.3) is 0 Å². The van der Waals surface area contributed by atoms with Gasteiger partial charge in [0.15, 0.2) is 0 Å². The summed E-state index contributed by atoms with van der Waals surface area (Å²) >= 11 is 0. The van der Waals surface area contributed by atoms with Crippen LogP contribution in [0.5, 0.6) is 0 Å². The van der Waals surface area contributed by atoms with E-state index in [9.17, 15) is 9.90 Å². The van der Waals surface area contributed by atoms with E-state index < -0.39 is 14.9 Å². The Labute approximate surface area is 142 Å². The minimum atomic E-state index is -2.64. The number of aromatic nitrogens is 3. The average molecular weight is 361 g/mol. The first-order valence-corrected chi connectivity index (χ1v) is 9.61. The summed E-state index contributed by atoms with van der Waals surface area (Å²) in [6.45, 7) is 0.205. The maximum Gasteiger partial charge on any atom is 0.500 e. The zero-order valence-electron chi connectivity index (χ0n) is 14.6. The second kappa shape index (κ2) is 10.4. The van der Waals surface area contributed by atoms with E-state index >= 15 is 0 Å². The van der Waals surface area contributed by atoms with Crippen LogP contribution in [0.15, 0.2) is 0 Å². The SMILES string of the molecule is CNc1n[nH]c(NCC(O)CC(=O)CCC[Si](OC)(OC)OC)n1. The van der Waals surface area contributed by atoms with Crippen molar-refractivity contribution in [1.82, 2.24) is 15.2 Å². The zero-order valence-corrected chi connectivity index (χ0v) is 15.6. The van der Waals surface area contributed by atoms with Gasteiger partial charge in [0.2, 0.25) is 11.9 Å². The van der Waals surface area contributed by atoms with Crippen LogP contribution in [-0.2, 0) is 18.1 Å². The number of anilines is 2. The van der Waals surface area contributed by atoms with Gasteiger partial charge >= 0.3 is 8.80 Å². The molecular weight excluding hydrogens is 334 g/mol. The van der Waals surface area contributed by atoms with Crippen LogP contribution in [0.4, 0.5) is 11.9 Å². The first kappa shape index (κ1) is 20.5. The van der Waals surface area contributed by atoms with Crippen molar-refractivity contribution >= 4 is 26.5 Å². The summed E-state index contributed by atoms with van der Waals surface area (Å²) in [6, 6.07) is 0.557. The third kappa shape index (κ3) is 6.53. The minimum Gasteiger partial charge on any atom is -0.391 e. The standard InChI is InChI=1S/C13H27N5O5Si/c1-14-12-16-13(18-17-12)15-9-11(20)8-10(19)6-5-7-24(21-2,22-3)23-4/h11,20H,5-9H2,1-4H3,(H3,14,15,16,17,18). The molecule has 0 aliphatic carbocycles. The molecule has 0 fully saturated rings. The Morgan fingerprint density at radius 3 is 2.54 bits per heavy atom. The molecule has 11 heteroatoms. The quantitative estimate of drug-likeness (QED) is 0.365. The lowest BCUT2D eigenvalue weighted by Gasteiger charge is -2.24. The lowest BCUT2D eigenvalue weighted by molar-refractivity contribution is -0.120. The number of hydrogen-bond donors (Lipinski definition) is 4. The summed E-state index contributed by atoms with van der Waals surface area (Å²) in [5, 5.41) is 22.1. The number of carbonyl (C=O) groups is 1. The van der Waals surface area contributed by atoms with Gasteiger partial charge in [-0.1, -0.05) is 0 Å². The van der Waals surface area contributed by atoms with E-state index in [2.05, 4.69) is 25.8 Å². The van der Waals surface area contributed by atoms with Gasteiger partial charge in [0.25, 0.3) is 0 Å². The molecule has 0 bridgehead atoms. The minimum absolute atomic E-state index is 0.0241. The molecule has 138 valence electrons. The molecule has 24 heavy (non-hydrogen) atoms. The van der Waals surface area contributed by atoms with Gasteiger partial charge in [-0.2, -0.15) is 4.98 Å². The normalized spacial score (nSPS) is 12.9. The fraction of sp³-hybridized carbons (Fsp3) is 0.769. The molecule has 0 saturated heterocycles. The van der Waals surface area contributed by atoms with E-state index in [4.69, 9.17) is 13.3 Å². The summed E-state index contributed by atoms with van der Waals surface area (Å²) in [7, 11) is 3.69. The van der Waals surface area contributed by atoms with Crippen LogP contribution in [0.2, 0.25) is 6.04 Å². The predicted octanol–water partition coefficient (Wildman–Crippen LogP) is 0.237. The molecule has 0 aliphatic rings. The van der Waals surface area contributed by atoms with E-state index in [1.807, 2.05) is 0 Å². The zero-order chi connectivity index (χ0) is 18.0. The Morgan fingerprint density at radius 1 is 1.33 bits per heavy atom. The monoisotopic (exact) mass is 361 g/mol. The Bertz CT molecular complexity index is 489. The first-order chi connectivity index (χ1) is 11.5. The number of rotatable bonds is 13. The molecule has 0 aliphatic heterocycles. The lowest BCUT2D eigenvalue weighted by Crippen LogP contribution is -2.42. The second-order valence-corrected chi connectivity index (χ2v) is 8.27. The third-order valence-corrected chi connectivity index (χ3v) is 6.38. The summed E-state index contributed by atoms with van der Waals surface area (Å²) in [4.78, 5) is 16.0. The van der Waals surface area contributed by atoms with Crippen molar-refractivity contribution in [2.45, 2.75) is 31.4 Å². The molecular formula is C13H27N5O5Si. The number of ketones is 1.